The molecule has 7 nitrogen and oxygen atoms in total. The normalized spacial score (nSPS) is 11.7. The predicted octanol–water partition coefficient (Wildman–Crippen LogP) is 4.46. The van der Waals surface area contributed by atoms with E-state index in [9.17, 15) is 9.59 Å². The number of carbonyl (C=O) groups excluding carboxylic acids is 2. The number of alkyl carbamates (subject to hydrolysis) is 1. The van der Waals surface area contributed by atoms with Crippen LogP contribution in [0.3, 0.4) is 0 Å². The van der Waals surface area contributed by atoms with Crippen LogP contribution in [0.5, 0.6) is 0 Å². The van der Waals surface area contributed by atoms with Crippen molar-refractivity contribution in [3.05, 3.63) is 72.4 Å². The van der Waals surface area contributed by atoms with Gasteiger partial charge in [-0.15, -0.1) is 0 Å². The molecule has 0 spiro atoms. The van der Waals surface area contributed by atoms with Crippen molar-refractivity contribution in [1.29, 1.82) is 0 Å². The number of para-hydroxylation sites is 1. The number of ether oxygens (including phenoxy) is 1. The zero-order valence-corrected chi connectivity index (χ0v) is 19.2. The summed E-state index contributed by atoms with van der Waals surface area (Å²) in [6.45, 7) is 8.85. The van der Waals surface area contributed by atoms with Gasteiger partial charge in [-0.2, -0.15) is 5.10 Å². The zero-order valence-electron chi connectivity index (χ0n) is 19.2. The van der Waals surface area contributed by atoms with E-state index >= 15 is 0 Å². The quantitative estimate of drug-likeness (QED) is 0.600. The highest BCUT2D eigenvalue weighted by atomic mass is 16.6. The number of aromatic nitrogens is 2. The first kappa shape index (κ1) is 23.1. The van der Waals surface area contributed by atoms with Crippen LogP contribution in [-0.4, -0.2) is 32.9 Å². The van der Waals surface area contributed by atoms with Crippen molar-refractivity contribution in [3.63, 3.8) is 0 Å². The molecule has 7 heteroatoms. The number of amides is 2. The largest absolute Gasteiger partial charge is 0.444 e. The van der Waals surface area contributed by atoms with Gasteiger partial charge in [0.2, 0.25) is 5.91 Å². The van der Waals surface area contributed by atoms with E-state index in [2.05, 4.69) is 10.6 Å². The highest BCUT2D eigenvalue weighted by Gasteiger charge is 2.31. The van der Waals surface area contributed by atoms with Crippen LogP contribution in [0.2, 0.25) is 0 Å². The van der Waals surface area contributed by atoms with Crippen LogP contribution >= 0.6 is 0 Å². The summed E-state index contributed by atoms with van der Waals surface area (Å²) in [5, 5.41) is 10.3. The number of hydrogen-bond donors (Lipinski definition) is 2. The Balaban J connectivity index is 1.78. The molecule has 2 aromatic carbocycles. The Bertz CT molecular complexity index is 1070. The number of carbonyl (C=O) groups is 2. The van der Waals surface area contributed by atoms with Gasteiger partial charge in [-0.25, -0.2) is 9.48 Å². The molecule has 3 rings (SSSR count). The molecule has 0 atom stereocenters. The molecule has 3 aromatic rings. The van der Waals surface area contributed by atoms with Gasteiger partial charge in [0.05, 0.1) is 11.4 Å². The molecule has 0 unspecified atom stereocenters. The third kappa shape index (κ3) is 5.97. The van der Waals surface area contributed by atoms with E-state index < -0.39 is 17.2 Å². The summed E-state index contributed by atoms with van der Waals surface area (Å²) in [7, 11) is 0. The lowest BCUT2D eigenvalue weighted by atomic mass is 10.0. The van der Waals surface area contributed by atoms with E-state index in [0.717, 1.165) is 22.5 Å². The molecule has 0 aliphatic rings. The monoisotopic (exact) mass is 434 g/mol. The Kier molecular flexibility index (Phi) is 6.67. The number of benzene rings is 2. The highest BCUT2D eigenvalue weighted by molar-refractivity contribution is 5.89. The molecular weight excluding hydrogens is 404 g/mol. The fourth-order valence-electron chi connectivity index (χ4n) is 3.10. The predicted molar refractivity (Wildman–Crippen MR) is 124 cm³/mol. The summed E-state index contributed by atoms with van der Waals surface area (Å²) >= 11 is 0. The molecule has 168 valence electrons. The highest BCUT2D eigenvalue weighted by Crippen LogP contribution is 2.23. The van der Waals surface area contributed by atoms with Gasteiger partial charge in [-0.1, -0.05) is 48.5 Å². The standard InChI is InChI=1S/C25H30N4O3/c1-24(2,3)32-23(31)27-25(4,5)22(30)26-16-19-17-29(20-14-10-7-11-15-20)28-21(19)18-12-8-6-9-13-18/h6-15,17H,16H2,1-5H3,(H,26,30)(H,27,31). The maximum atomic E-state index is 12.9. The van der Waals surface area contributed by atoms with E-state index in [-0.39, 0.29) is 12.5 Å². The molecule has 0 bridgehead atoms. The van der Waals surface area contributed by atoms with Crippen molar-refractivity contribution in [2.75, 3.05) is 0 Å². The van der Waals surface area contributed by atoms with E-state index in [1.807, 2.05) is 66.9 Å². The Morgan fingerprint density at radius 2 is 1.53 bits per heavy atom. The van der Waals surface area contributed by atoms with Crippen LogP contribution in [0.25, 0.3) is 16.9 Å². The third-order valence-corrected chi connectivity index (χ3v) is 4.68. The van der Waals surface area contributed by atoms with Gasteiger partial charge in [0.15, 0.2) is 0 Å². The summed E-state index contributed by atoms with van der Waals surface area (Å²) in [5.74, 6) is -0.324. The van der Waals surface area contributed by atoms with Gasteiger partial charge in [0, 0.05) is 23.9 Å². The van der Waals surface area contributed by atoms with Crippen LogP contribution in [-0.2, 0) is 16.1 Å². The zero-order chi connectivity index (χ0) is 23.4. The number of hydrogen-bond acceptors (Lipinski definition) is 4. The Hall–Kier alpha value is -3.61. The smallest absolute Gasteiger partial charge is 0.408 e. The SMILES string of the molecule is CC(C)(C)OC(=O)NC(C)(C)C(=O)NCc1cn(-c2ccccc2)nc1-c1ccccc1. The molecule has 0 fully saturated rings. The number of rotatable bonds is 6. The molecule has 0 saturated carbocycles. The molecule has 32 heavy (non-hydrogen) atoms. The lowest BCUT2D eigenvalue weighted by molar-refractivity contribution is -0.126. The molecule has 0 aliphatic heterocycles. The average Bonchev–Trinajstić information content (AvgIpc) is 3.15. The van der Waals surface area contributed by atoms with Crippen molar-refractivity contribution < 1.29 is 14.3 Å². The van der Waals surface area contributed by atoms with Gasteiger partial charge in [-0.05, 0) is 46.8 Å². The summed E-state index contributed by atoms with van der Waals surface area (Å²) in [6.07, 6.45) is 1.27. The van der Waals surface area contributed by atoms with E-state index in [1.54, 1.807) is 39.3 Å². The first-order valence-corrected chi connectivity index (χ1v) is 10.5. The molecular formula is C25H30N4O3. The maximum absolute atomic E-state index is 12.9. The van der Waals surface area contributed by atoms with Gasteiger partial charge in [-0.3, -0.25) is 4.79 Å². The van der Waals surface area contributed by atoms with Crippen molar-refractivity contribution in [2.24, 2.45) is 0 Å². The Morgan fingerprint density at radius 1 is 0.938 bits per heavy atom. The maximum Gasteiger partial charge on any atom is 0.408 e. The summed E-state index contributed by atoms with van der Waals surface area (Å²) in [4.78, 5) is 25.0. The van der Waals surface area contributed by atoms with E-state index in [4.69, 9.17) is 9.84 Å². The number of nitrogens with zero attached hydrogens (tertiary/aromatic N) is 2. The molecule has 1 aromatic heterocycles. The summed E-state index contributed by atoms with van der Waals surface area (Å²) in [5.41, 5.74) is 1.73. The first-order chi connectivity index (χ1) is 15.0. The van der Waals surface area contributed by atoms with Crippen LogP contribution in [0.15, 0.2) is 66.9 Å². The second-order valence-corrected chi connectivity index (χ2v) is 9.08. The van der Waals surface area contributed by atoms with Crippen LogP contribution in [0.4, 0.5) is 4.79 Å². The van der Waals surface area contributed by atoms with Crippen molar-refractivity contribution >= 4 is 12.0 Å². The van der Waals surface area contributed by atoms with E-state index in [1.165, 1.54) is 0 Å². The van der Waals surface area contributed by atoms with E-state index in [0.29, 0.717) is 0 Å². The summed E-state index contributed by atoms with van der Waals surface area (Å²) < 4.78 is 7.07. The molecule has 2 N–H and O–H groups in total. The lowest BCUT2D eigenvalue weighted by Gasteiger charge is -2.27. The van der Waals surface area contributed by atoms with Crippen molar-refractivity contribution in [1.82, 2.24) is 20.4 Å². The Labute approximate surface area is 188 Å². The van der Waals surface area contributed by atoms with Gasteiger partial charge >= 0.3 is 6.09 Å². The molecule has 2 amide bonds. The van der Waals surface area contributed by atoms with Crippen LogP contribution in [0.1, 0.15) is 40.2 Å². The molecule has 1 heterocycles. The van der Waals surface area contributed by atoms with Crippen molar-refractivity contribution in [3.8, 4) is 16.9 Å². The fraction of sp³-hybridized carbons (Fsp3) is 0.320. The topological polar surface area (TPSA) is 85.2 Å². The van der Waals surface area contributed by atoms with Gasteiger partial charge < -0.3 is 15.4 Å². The minimum absolute atomic E-state index is 0.259. The Morgan fingerprint density at radius 3 is 2.12 bits per heavy atom. The van der Waals surface area contributed by atoms with Gasteiger partial charge in [0.25, 0.3) is 0 Å². The third-order valence-electron chi connectivity index (χ3n) is 4.68. The lowest BCUT2D eigenvalue weighted by Crippen LogP contribution is -2.55. The van der Waals surface area contributed by atoms with Crippen LogP contribution in [0, 0.1) is 0 Å². The van der Waals surface area contributed by atoms with Gasteiger partial charge in [0.1, 0.15) is 11.1 Å². The molecule has 0 aliphatic carbocycles. The fourth-order valence-corrected chi connectivity index (χ4v) is 3.10. The van der Waals surface area contributed by atoms with Crippen LogP contribution < -0.4 is 10.6 Å². The first-order valence-electron chi connectivity index (χ1n) is 10.5. The van der Waals surface area contributed by atoms with Crippen molar-refractivity contribution in [2.45, 2.75) is 52.3 Å². The number of nitrogens with one attached hydrogen (secondary N) is 2. The molecule has 0 radical (unpaired) electrons. The second kappa shape index (κ2) is 9.26. The minimum Gasteiger partial charge on any atom is -0.444 e. The average molecular weight is 435 g/mol. The summed E-state index contributed by atoms with van der Waals surface area (Å²) in [6, 6.07) is 19.6. The molecule has 0 saturated heterocycles. The second-order valence-electron chi connectivity index (χ2n) is 9.08. The minimum atomic E-state index is -1.15.